The summed E-state index contributed by atoms with van der Waals surface area (Å²) in [4.78, 5) is 1.93. The van der Waals surface area contributed by atoms with Crippen LogP contribution in [0.3, 0.4) is 0 Å². The summed E-state index contributed by atoms with van der Waals surface area (Å²) in [5, 5.41) is 0. The molecule has 2 aromatic rings. The first-order chi connectivity index (χ1) is 7.69. The topological polar surface area (TPSA) is 28.7 Å². The molecule has 1 aromatic heterocycles. The number of aromatic amines is 1. The van der Waals surface area contributed by atoms with Crippen molar-refractivity contribution >= 4 is 27.0 Å². The van der Waals surface area contributed by atoms with Crippen LogP contribution >= 0.6 is 15.9 Å². The Morgan fingerprint density at radius 1 is 1.12 bits per heavy atom. The van der Waals surface area contributed by atoms with E-state index in [0.717, 1.165) is 12.1 Å². The van der Waals surface area contributed by atoms with Gasteiger partial charge in [-0.05, 0) is 28.1 Å². The van der Waals surface area contributed by atoms with Gasteiger partial charge >= 0.3 is 11.0 Å². The molecule has 17 heavy (non-hydrogen) atoms. The predicted octanol–water partition coefficient (Wildman–Crippen LogP) is 4.03. The Labute approximate surface area is 100.0 Å². The molecule has 0 spiro atoms. The van der Waals surface area contributed by atoms with Gasteiger partial charge in [0.05, 0.1) is 11.1 Å². The molecule has 2 rings (SSSR count). The maximum atomic E-state index is 12.9. The molecule has 0 unspecified atom stereocenters. The minimum absolute atomic E-state index is 0.0889. The molecule has 1 N–H and O–H groups in total. The van der Waals surface area contributed by atoms with Gasteiger partial charge in [-0.15, -0.1) is 0 Å². The zero-order valence-electron chi connectivity index (χ0n) is 7.95. The second-order valence-corrected chi connectivity index (χ2v) is 4.28. The van der Waals surface area contributed by atoms with E-state index in [9.17, 15) is 22.0 Å². The quantitative estimate of drug-likeness (QED) is 0.625. The van der Waals surface area contributed by atoms with Gasteiger partial charge in [-0.2, -0.15) is 22.0 Å². The lowest BCUT2D eigenvalue weighted by atomic mass is 10.2. The highest BCUT2D eigenvalue weighted by molar-refractivity contribution is 9.09. The van der Waals surface area contributed by atoms with Gasteiger partial charge in [-0.25, -0.2) is 4.98 Å². The number of hydrogen-bond acceptors (Lipinski definition) is 1. The maximum absolute atomic E-state index is 12.9. The number of H-pyrrole nitrogens is 1. The number of benzene rings is 1. The number of imidazole rings is 1. The Morgan fingerprint density at radius 2 is 1.76 bits per heavy atom. The highest BCUT2D eigenvalue weighted by atomic mass is 79.9. The summed E-state index contributed by atoms with van der Waals surface area (Å²) in [6.07, 6.45) is -4.63. The third-order valence-electron chi connectivity index (χ3n) is 2.09. The molecule has 0 aliphatic carbocycles. The number of aromatic nitrogens is 2. The van der Waals surface area contributed by atoms with E-state index in [1.165, 1.54) is 6.07 Å². The van der Waals surface area contributed by atoms with Gasteiger partial charge in [-0.3, -0.25) is 0 Å². The third-order valence-corrected chi connectivity index (χ3v) is 2.46. The number of rotatable bonds is 1. The molecule has 0 atom stereocenters. The lowest BCUT2D eigenvalue weighted by Crippen LogP contribution is -2.06. The first-order valence-corrected chi connectivity index (χ1v) is 5.12. The SMILES string of the molecule is FC(F)(F)c1cccc2[nH]c(C(F)(F)Br)nc12. The van der Waals surface area contributed by atoms with E-state index >= 15 is 0 Å². The second-order valence-electron chi connectivity index (χ2n) is 3.28. The number of nitrogens with zero attached hydrogens (tertiary/aromatic N) is 1. The summed E-state index contributed by atoms with van der Waals surface area (Å²) in [6.45, 7) is 0. The zero-order chi connectivity index (χ0) is 12.8. The van der Waals surface area contributed by atoms with Gasteiger partial charge < -0.3 is 4.98 Å². The average molecular weight is 315 g/mol. The monoisotopic (exact) mass is 314 g/mol. The third kappa shape index (κ3) is 2.26. The Hall–Kier alpha value is -1.18. The Balaban J connectivity index is 2.70. The highest BCUT2D eigenvalue weighted by Crippen LogP contribution is 2.37. The molecule has 0 radical (unpaired) electrons. The van der Waals surface area contributed by atoms with E-state index in [1.807, 2.05) is 15.9 Å². The smallest absolute Gasteiger partial charge is 0.336 e. The summed E-state index contributed by atoms with van der Waals surface area (Å²) in [5.74, 6) is -0.857. The molecule has 0 aliphatic heterocycles. The van der Waals surface area contributed by atoms with Crippen LogP contribution in [0.15, 0.2) is 18.2 Å². The van der Waals surface area contributed by atoms with Crippen LogP contribution < -0.4 is 0 Å². The van der Waals surface area contributed by atoms with Gasteiger partial charge in [0, 0.05) is 0 Å². The minimum atomic E-state index is -4.63. The van der Waals surface area contributed by atoms with Crippen molar-refractivity contribution in [2.24, 2.45) is 0 Å². The van der Waals surface area contributed by atoms with Crippen LogP contribution in [0.2, 0.25) is 0 Å². The molecule has 2 nitrogen and oxygen atoms in total. The van der Waals surface area contributed by atoms with Crippen molar-refractivity contribution < 1.29 is 22.0 Å². The molecule has 8 heteroatoms. The van der Waals surface area contributed by atoms with Crippen LogP contribution in [0.4, 0.5) is 22.0 Å². The van der Waals surface area contributed by atoms with Crippen LogP contribution in [0, 0.1) is 0 Å². The van der Waals surface area contributed by atoms with E-state index in [-0.39, 0.29) is 5.52 Å². The molecule has 1 heterocycles. The van der Waals surface area contributed by atoms with Gasteiger partial charge in [0.25, 0.3) is 0 Å². The van der Waals surface area contributed by atoms with Gasteiger partial charge in [0.15, 0.2) is 5.82 Å². The fourth-order valence-corrected chi connectivity index (χ4v) is 1.58. The Kier molecular flexibility index (Phi) is 2.64. The molecule has 1 aromatic carbocycles. The van der Waals surface area contributed by atoms with Crippen molar-refractivity contribution in [3.8, 4) is 0 Å². The molecule has 0 saturated carbocycles. The Morgan fingerprint density at radius 3 is 2.29 bits per heavy atom. The molecular formula is C9H4BrF5N2. The number of halogens is 6. The molecule has 0 fully saturated rings. The first kappa shape index (κ1) is 12.3. The lowest BCUT2D eigenvalue weighted by Gasteiger charge is -2.06. The number of nitrogens with one attached hydrogen (secondary N) is 1. The van der Waals surface area contributed by atoms with Crippen molar-refractivity contribution in [3.63, 3.8) is 0 Å². The van der Waals surface area contributed by atoms with Crippen LogP contribution in [0.5, 0.6) is 0 Å². The van der Waals surface area contributed by atoms with Crippen LogP contribution in [-0.2, 0) is 11.0 Å². The standard InChI is InChI=1S/C9H4BrF5N2/c10-8(11,12)7-16-5-3-1-2-4(6(5)17-7)9(13,14)15/h1-3H,(H,16,17). The van der Waals surface area contributed by atoms with E-state index in [1.54, 1.807) is 0 Å². The molecule has 0 aliphatic rings. The van der Waals surface area contributed by atoms with E-state index in [4.69, 9.17) is 0 Å². The van der Waals surface area contributed by atoms with Crippen LogP contribution in [0.25, 0.3) is 11.0 Å². The van der Waals surface area contributed by atoms with Crippen molar-refractivity contribution in [1.82, 2.24) is 9.97 Å². The molecule has 0 saturated heterocycles. The van der Waals surface area contributed by atoms with E-state index < -0.39 is 27.9 Å². The van der Waals surface area contributed by atoms with Crippen molar-refractivity contribution in [3.05, 3.63) is 29.6 Å². The lowest BCUT2D eigenvalue weighted by molar-refractivity contribution is -0.136. The summed E-state index contributed by atoms with van der Waals surface area (Å²) in [7, 11) is 0. The van der Waals surface area contributed by atoms with Gasteiger partial charge in [0.2, 0.25) is 0 Å². The van der Waals surface area contributed by atoms with Gasteiger partial charge in [-0.1, -0.05) is 6.07 Å². The molecule has 92 valence electrons. The first-order valence-electron chi connectivity index (χ1n) is 4.33. The largest absolute Gasteiger partial charge is 0.418 e. The Bertz CT molecular complexity index is 554. The number of hydrogen-bond donors (Lipinski definition) is 1. The van der Waals surface area contributed by atoms with Gasteiger partial charge in [0.1, 0.15) is 5.52 Å². The minimum Gasteiger partial charge on any atom is -0.336 e. The molecule has 0 bridgehead atoms. The summed E-state index contributed by atoms with van der Waals surface area (Å²) >= 11 is 2.03. The number of para-hydroxylation sites is 1. The summed E-state index contributed by atoms with van der Waals surface area (Å²) in [6, 6.07) is 3.17. The normalized spacial score (nSPS) is 13.3. The maximum Gasteiger partial charge on any atom is 0.418 e. The van der Waals surface area contributed by atoms with Crippen LogP contribution in [0.1, 0.15) is 11.4 Å². The molecule has 0 amide bonds. The number of alkyl halides is 6. The fraction of sp³-hybridized carbons (Fsp3) is 0.222. The van der Waals surface area contributed by atoms with Crippen molar-refractivity contribution in [2.45, 2.75) is 11.0 Å². The van der Waals surface area contributed by atoms with E-state index in [0.29, 0.717) is 0 Å². The van der Waals surface area contributed by atoms with Crippen LogP contribution in [-0.4, -0.2) is 9.97 Å². The number of fused-ring (bicyclic) bond motifs is 1. The highest BCUT2D eigenvalue weighted by Gasteiger charge is 2.36. The zero-order valence-corrected chi connectivity index (χ0v) is 9.53. The summed E-state index contributed by atoms with van der Waals surface area (Å²) < 4.78 is 63.4. The predicted molar refractivity (Wildman–Crippen MR) is 53.9 cm³/mol. The summed E-state index contributed by atoms with van der Waals surface area (Å²) in [5.41, 5.74) is -1.66. The van der Waals surface area contributed by atoms with E-state index in [2.05, 4.69) is 9.97 Å². The van der Waals surface area contributed by atoms with Crippen molar-refractivity contribution in [2.75, 3.05) is 0 Å². The van der Waals surface area contributed by atoms with Crippen molar-refractivity contribution in [1.29, 1.82) is 0 Å². The molecular weight excluding hydrogens is 311 g/mol. The fourth-order valence-electron chi connectivity index (χ4n) is 1.40. The average Bonchev–Trinajstić information content (AvgIpc) is 2.57. The second kappa shape index (κ2) is 3.66.